The third-order valence-electron chi connectivity index (χ3n) is 3.78. The molecule has 0 aliphatic rings. The van der Waals surface area contributed by atoms with Gasteiger partial charge in [0.2, 0.25) is 9.79 Å². The van der Waals surface area contributed by atoms with Gasteiger partial charge in [-0.15, -0.1) is 0 Å². The number of benzene rings is 2. The van der Waals surface area contributed by atoms with Crippen molar-refractivity contribution in [2.75, 3.05) is 0 Å². The van der Waals surface area contributed by atoms with Crippen molar-refractivity contribution in [1.29, 1.82) is 0 Å². The third-order valence-corrected chi connectivity index (χ3v) is 5.61. The monoisotopic (exact) mass is 642 g/mol. The Hall–Kier alpha value is -4.85. The average molecular weight is 643 g/mol. The van der Waals surface area contributed by atoms with E-state index in [2.05, 4.69) is 0 Å². The molecule has 0 heterocycles. The molecule has 0 bridgehead atoms. The maximum Gasteiger partial charge on any atom is 2.00 e. The first-order valence-corrected chi connectivity index (χ1v) is 11.1. The van der Waals surface area contributed by atoms with Crippen molar-refractivity contribution >= 4 is 54.4 Å². The van der Waals surface area contributed by atoms with Crippen LogP contribution >= 0.6 is 0 Å². The summed E-state index contributed by atoms with van der Waals surface area (Å²) in [6, 6.07) is 0.658. The minimum absolute atomic E-state index is 0. The molecule has 0 unspecified atom stereocenters. The van der Waals surface area contributed by atoms with Crippen LogP contribution in [0.3, 0.4) is 0 Å². The van der Waals surface area contributed by atoms with Gasteiger partial charge in [0.15, 0.2) is 0 Å². The summed E-state index contributed by atoms with van der Waals surface area (Å²) < 4.78 is 65.0. The van der Waals surface area contributed by atoms with Crippen molar-refractivity contribution in [2.24, 2.45) is 0 Å². The first kappa shape index (κ1) is 34.2. The van der Waals surface area contributed by atoms with E-state index in [4.69, 9.17) is 0 Å². The molecule has 0 amide bonds. The van der Waals surface area contributed by atoms with Crippen LogP contribution in [0.2, 0.25) is 0 Å². The number of rotatable bonds is 8. The van der Waals surface area contributed by atoms with Crippen LogP contribution in [0.25, 0.3) is 0 Å². The molecule has 39 heavy (non-hydrogen) atoms. The number of nitro groups is 6. The molecule has 0 aliphatic heterocycles. The fourth-order valence-corrected chi connectivity index (χ4v) is 3.99. The normalized spacial score (nSPS) is 10.7. The zero-order chi connectivity index (χ0) is 29.9. The second kappa shape index (κ2) is 12.1. The van der Waals surface area contributed by atoms with Crippen molar-refractivity contribution in [3.8, 4) is 0 Å². The van der Waals surface area contributed by atoms with Gasteiger partial charge < -0.3 is 9.11 Å². The fraction of sp³-hybridized carbons (Fsp3) is 0. The minimum Gasteiger partial charge on any atom is -0.744 e. The molecule has 2 aromatic carbocycles. The minimum atomic E-state index is -5.55. The Labute approximate surface area is 221 Å². The predicted molar refractivity (Wildman–Crippen MR) is 109 cm³/mol. The van der Waals surface area contributed by atoms with E-state index in [1.54, 1.807) is 0 Å². The third kappa shape index (κ3) is 8.07. The largest absolute Gasteiger partial charge is 2.00 e. The quantitative estimate of drug-likeness (QED) is 0.165. The van der Waals surface area contributed by atoms with E-state index in [0.717, 1.165) is 0 Å². The van der Waals surface area contributed by atoms with E-state index < -0.39 is 93.7 Å². The van der Waals surface area contributed by atoms with Crippen molar-refractivity contribution in [3.63, 3.8) is 0 Å². The van der Waals surface area contributed by atoms with E-state index in [-0.39, 0.29) is 40.8 Å². The van der Waals surface area contributed by atoms with Gasteiger partial charge in [-0.1, -0.05) is 0 Å². The molecule has 2 aromatic rings. The van der Waals surface area contributed by atoms with Gasteiger partial charge in [-0.3, -0.25) is 60.7 Å². The molecule has 27 heteroatoms. The van der Waals surface area contributed by atoms with E-state index in [0.29, 0.717) is 0 Å². The number of nitro benzene ring substituents is 6. The summed E-state index contributed by atoms with van der Waals surface area (Å²) in [5, 5.41) is 63.2. The summed E-state index contributed by atoms with van der Waals surface area (Å²) in [6.45, 7) is 0. The fourth-order valence-electron chi connectivity index (χ4n) is 2.43. The van der Waals surface area contributed by atoms with Crippen LogP contribution in [0.1, 0.15) is 0 Å². The van der Waals surface area contributed by atoms with Crippen LogP contribution in [0, 0.1) is 60.7 Å². The maximum absolute atomic E-state index is 10.8. The molecule has 0 atom stereocenters. The Kier molecular flexibility index (Phi) is 10.6. The van der Waals surface area contributed by atoms with Crippen LogP contribution in [-0.2, 0) is 36.7 Å². The van der Waals surface area contributed by atoms with E-state index >= 15 is 0 Å². The van der Waals surface area contributed by atoms with Crippen LogP contribution in [0.15, 0.2) is 34.1 Å². The van der Waals surface area contributed by atoms with Gasteiger partial charge in [0.05, 0.1) is 53.8 Å². The smallest absolute Gasteiger partial charge is 0.744 e. The average Bonchev–Trinajstić information content (AvgIpc) is 2.75. The van der Waals surface area contributed by atoms with Crippen LogP contribution in [0.4, 0.5) is 34.1 Å². The number of hydrogen-bond acceptors (Lipinski definition) is 18. The summed E-state index contributed by atoms with van der Waals surface area (Å²) in [6.07, 6.45) is 0. The van der Waals surface area contributed by atoms with Gasteiger partial charge >= 0.3 is 39.2 Å². The topological polar surface area (TPSA) is 373 Å². The van der Waals surface area contributed by atoms with Crippen molar-refractivity contribution in [1.82, 2.24) is 0 Å². The van der Waals surface area contributed by atoms with Crippen molar-refractivity contribution < 1.29 is 72.0 Å². The molecule has 0 radical (unpaired) electrons. The predicted octanol–water partition coefficient (Wildman–Crippen LogP) is 0.628. The summed E-state index contributed by atoms with van der Waals surface area (Å²) in [4.78, 5) is 51.7. The first-order valence-electron chi connectivity index (χ1n) is 8.25. The molecule has 0 aliphatic carbocycles. The molecule has 0 spiro atoms. The molecule has 0 saturated carbocycles. The first-order chi connectivity index (χ1) is 17.1. The summed E-state index contributed by atoms with van der Waals surface area (Å²) in [5.41, 5.74) is -8.23. The van der Waals surface area contributed by atoms with Gasteiger partial charge in [-0.2, -0.15) is 0 Å². The molecule has 2 rings (SSSR count). The summed E-state index contributed by atoms with van der Waals surface area (Å²) in [7, 11) is -11.1. The molecule has 0 fully saturated rings. The number of hydrogen-bond donors (Lipinski definition) is 0. The molecule has 0 N–H and O–H groups in total. The molecule has 0 aromatic heterocycles. The molecular weight excluding hydrogens is 639 g/mol. The molecular formula is C12H4N6NiO18S2. The van der Waals surface area contributed by atoms with E-state index in [1.165, 1.54) is 0 Å². The number of nitrogens with zero attached hydrogens (tertiary/aromatic N) is 6. The van der Waals surface area contributed by atoms with Crippen LogP contribution in [-0.4, -0.2) is 55.5 Å². The van der Waals surface area contributed by atoms with Crippen molar-refractivity contribution in [3.05, 3.63) is 85.0 Å². The number of non-ortho nitro benzene ring substituents is 2. The standard InChI is InChI=1S/2C6H3N3O9S.Ni/c2*10-7(11)3-1-4(8(12)13)6(19(16,17)18)5(2-3)9(14)15;/h2*1-2H,(H,16,17,18);/q;;+2/p-2. The Morgan fingerprint density at radius 1 is 0.436 bits per heavy atom. The van der Waals surface area contributed by atoms with Crippen LogP contribution in [0.5, 0.6) is 0 Å². The van der Waals surface area contributed by atoms with E-state index in [9.17, 15) is 86.6 Å². The van der Waals surface area contributed by atoms with Gasteiger partial charge in [0.25, 0.3) is 11.4 Å². The Balaban J connectivity index is 0.000000722. The SMILES string of the molecule is O=[N+]([O-])c1cc([N+](=O)[O-])c(S(=O)(=O)[O-])c([N+](=O)[O-])c1.O=[N+]([O-])c1cc([N+](=O)[O-])c(S(=O)(=O)[O-])c([N+](=O)[O-])c1.[Ni+2]. The van der Waals surface area contributed by atoms with E-state index in [1.807, 2.05) is 0 Å². The zero-order valence-electron chi connectivity index (χ0n) is 17.5. The second-order valence-corrected chi connectivity index (χ2v) is 8.71. The second-order valence-electron chi connectivity index (χ2n) is 6.08. The molecule has 0 saturated heterocycles. The Morgan fingerprint density at radius 3 is 0.718 bits per heavy atom. The molecule has 212 valence electrons. The van der Waals surface area contributed by atoms with Gasteiger partial charge in [0.1, 0.15) is 20.2 Å². The Bertz CT molecular complexity index is 1450. The zero-order valence-corrected chi connectivity index (χ0v) is 20.1. The maximum atomic E-state index is 10.8. The molecule has 24 nitrogen and oxygen atoms in total. The summed E-state index contributed by atoms with van der Waals surface area (Å²) >= 11 is 0. The van der Waals surface area contributed by atoms with Gasteiger partial charge in [-0.25, -0.2) is 16.8 Å². The summed E-state index contributed by atoms with van der Waals surface area (Å²) in [5.74, 6) is 0. The van der Waals surface area contributed by atoms with Crippen molar-refractivity contribution in [2.45, 2.75) is 9.79 Å². The Morgan fingerprint density at radius 2 is 0.615 bits per heavy atom. The van der Waals surface area contributed by atoms with Gasteiger partial charge in [-0.05, 0) is 0 Å². The van der Waals surface area contributed by atoms with Crippen LogP contribution < -0.4 is 0 Å². The van der Waals surface area contributed by atoms with Gasteiger partial charge in [0, 0.05) is 0 Å².